The average molecular weight is 453 g/mol. The minimum absolute atomic E-state index is 0.0950. The van der Waals surface area contributed by atoms with E-state index in [9.17, 15) is 33.3 Å². The Labute approximate surface area is 175 Å². The van der Waals surface area contributed by atoms with Gasteiger partial charge in [0.25, 0.3) is 5.91 Å². The van der Waals surface area contributed by atoms with E-state index in [0.29, 0.717) is 5.52 Å². The first-order chi connectivity index (χ1) is 14.0. The van der Waals surface area contributed by atoms with Crippen LogP contribution >= 0.6 is 11.6 Å². The van der Waals surface area contributed by atoms with Crippen molar-refractivity contribution in [3.05, 3.63) is 46.1 Å². The van der Waals surface area contributed by atoms with Gasteiger partial charge in [0, 0.05) is 32.6 Å². The molecular weight excluding hydrogens is 436 g/mol. The molecule has 0 radical (unpaired) electrons. The summed E-state index contributed by atoms with van der Waals surface area (Å²) in [4.78, 5) is 25.9. The van der Waals surface area contributed by atoms with Crippen LogP contribution in [0.2, 0.25) is 5.02 Å². The number of nitrogens with one attached hydrogen (secondary N) is 1. The number of H-pyrrole nitrogens is 1. The second-order valence-electron chi connectivity index (χ2n) is 6.42. The largest absolute Gasteiger partial charge is 0.507 e. The van der Waals surface area contributed by atoms with Gasteiger partial charge in [0.15, 0.2) is 9.84 Å². The molecular formula is C19H17ClN2O7S. The highest BCUT2D eigenvalue weighted by molar-refractivity contribution is 7.91. The average Bonchev–Trinajstić information content (AvgIpc) is 3.05. The summed E-state index contributed by atoms with van der Waals surface area (Å²) in [5.41, 5.74) is 4.03. The van der Waals surface area contributed by atoms with Gasteiger partial charge in [0.05, 0.1) is 22.8 Å². The van der Waals surface area contributed by atoms with Crippen molar-refractivity contribution in [1.29, 1.82) is 0 Å². The molecule has 0 aliphatic rings. The maximum Gasteiger partial charge on any atom is 0.352 e. The molecule has 11 heteroatoms. The number of carboxylic acid groups (broad SMARTS) is 1. The molecule has 0 saturated carbocycles. The number of aromatic carboxylic acids is 1. The molecule has 6 N–H and O–H groups in total. The fraction of sp³-hybridized carbons (Fsp3) is 0.158. The van der Waals surface area contributed by atoms with Crippen LogP contribution in [0.5, 0.6) is 5.75 Å². The number of phenols is 1. The van der Waals surface area contributed by atoms with Crippen LogP contribution < -0.4 is 5.73 Å². The number of halogens is 1. The Hall–Kier alpha value is -3.08. The van der Waals surface area contributed by atoms with Gasteiger partial charge in [-0.3, -0.25) is 4.79 Å². The smallest absolute Gasteiger partial charge is 0.352 e. The van der Waals surface area contributed by atoms with Gasteiger partial charge >= 0.3 is 5.97 Å². The molecule has 0 aliphatic heterocycles. The third kappa shape index (κ3) is 3.38. The number of nitrogens with two attached hydrogens (primary N) is 1. The van der Waals surface area contributed by atoms with E-state index in [1.807, 2.05) is 0 Å². The van der Waals surface area contributed by atoms with E-state index in [1.165, 1.54) is 25.1 Å². The van der Waals surface area contributed by atoms with Gasteiger partial charge in [-0.25, -0.2) is 13.2 Å². The number of carbonyl (C=O) groups is 2. The van der Waals surface area contributed by atoms with Gasteiger partial charge in [0.1, 0.15) is 11.4 Å². The number of primary amides is 1. The predicted octanol–water partition coefficient (Wildman–Crippen LogP) is 2.28. The highest BCUT2D eigenvalue weighted by atomic mass is 35.5. The molecule has 158 valence electrons. The zero-order valence-electron chi connectivity index (χ0n) is 15.6. The van der Waals surface area contributed by atoms with Crippen molar-refractivity contribution in [2.45, 2.75) is 18.4 Å². The summed E-state index contributed by atoms with van der Waals surface area (Å²) in [5, 5.41) is 30.7. The van der Waals surface area contributed by atoms with Gasteiger partial charge in [0.2, 0.25) is 0 Å². The van der Waals surface area contributed by atoms with Crippen molar-refractivity contribution in [1.82, 2.24) is 4.98 Å². The highest BCUT2D eigenvalue weighted by Gasteiger charge is 2.31. The first-order valence-corrected chi connectivity index (χ1v) is 10.6. The van der Waals surface area contributed by atoms with E-state index >= 15 is 0 Å². The van der Waals surface area contributed by atoms with Crippen molar-refractivity contribution < 1.29 is 33.3 Å². The fourth-order valence-corrected chi connectivity index (χ4v) is 4.62. The van der Waals surface area contributed by atoms with Crippen LogP contribution in [0.15, 0.2) is 29.2 Å². The Kier molecular flexibility index (Phi) is 5.50. The highest BCUT2D eigenvalue weighted by Crippen LogP contribution is 2.44. The summed E-state index contributed by atoms with van der Waals surface area (Å²) < 4.78 is 25.7. The van der Waals surface area contributed by atoms with Crippen molar-refractivity contribution >= 4 is 44.2 Å². The number of rotatable bonds is 6. The third-order valence-corrected chi connectivity index (χ3v) is 6.72. The molecule has 2 aromatic carbocycles. The number of aromatic hydroxyl groups is 1. The Morgan fingerprint density at radius 3 is 2.40 bits per heavy atom. The summed E-state index contributed by atoms with van der Waals surface area (Å²) >= 11 is 6.06. The summed E-state index contributed by atoms with van der Waals surface area (Å²) in [5.74, 6) is -3.64. The molecule has 0 unspecified atom stereocenters. The Bertz CT molecular complexity index is 1310. The first kappa shape index (κ1) is 21.6. The fourth-order valence-electron chi connectivity index (χ4n) is 3.30. The summed E-state index contributed by atoms with van der Waals surface area (Å²) in [7, 11) is -4.05. The minimum atomic E-state index is -4.05. The van der Waals surface area contributed by atoms with Gasteiger partial charge in [-0.05, 0) is 24.3 Å². The molecule has 3 aromatic rings. The summed E-state index contributed by atoms with van der Waals surface area (Å²) in [6.07, 6.45) is 0. The second kappa shape index (κ2) is 7.63. The molecule has 0 aliphatic carbocycles. The van der Waals surface area contributed by atoms with E-state index in [0.717, 1.165) is 6.07 Å². The minimum Gasteiger partial charge on any atom is -0.507 e. The maximum absolute atomic E-state index is 12.9. The van der Waals surface area contributed by atoms with Crippen LogP contribution in [0, 0.1) is 0 Å². The number of aliphatic hydroxyl groups is 1. The number of aromatic amines is 1. The second-order valence-corrected chi connectivity index (χ2v) is 9.10. The van der Waals surface area contributed by atoms with E-state index < -0.39 is 44.5 Å². The molecule has 0 atom stereocenters. The molecule has 9 nitrogen and oxygen atoms in total. The number of hydrogen-bond donors (Lipinski definition) is 5. The van der Waals surface area contributed by atoms with E-state index in [1.54, 1.807) is 0 Å². The number of aliphatic hydroxyl groups excluding tert-OH is 1. The van der Waals surface area contributed by atoms with Gasteiger partial charge in [-0.15, -0.1) is 0 Å². The Morgan fingerprint density at radius 2 is 1.87 bits per heavy atom. The third-order valence-electron chi connectivity index (χ3n) is 4.73. The standard InChI is InChI=1S/C19H17ClN2O7S/c1-2-30(28,29)13-6-10(18(21)25)17(24)11(7-23)14(13)15-9-5-8(20)3-4-12(9)22-16(15)19(26)27/h3-6,22-24H,2,7H2,1H3,(H2,21,25)(H,26,27). The normalized spacial score (nSPS) is 11.7. The number of sulfone groups is 1. The topological polar surface area (TPSA) is 171 Å². The SMILES string of the molecule is CCS(=O)(=O)c1cc(C(N)=O)c(O)c(CO)c1-c1c(C(=O)O)[nH]c2ccc(Cl)cc12. The van der Waals surface area contributed by atoms with Crippen LogP contribution in [0.25, 0.3) is 22.0 Å². The van der Waals surface area contributed by atoms with Crippen molar-refractivity contribution in [2.24, 2.45) is 5.73 Å². The molecule has 3 rings (SSSR count). The number of carboxylic acids is 1. The summed E-state index contributed by atoms with van der Waals surface area (Å²) in [6.45, 7) is 0.472. The van der Waals surface area contributed by atoms with Gasteiger partial charge in [-0.1, -0.05) is 18.5 Å². The number of fused-ring (bicyclic) bond motifs is 1. The van der Waals surface area contributed by atoms with Crippen molar-refractivity contribution in [3.8, 4) is 16.9 Å². The Morgan fingerprint density at radius 1 is 1.20 bits per heavy atom. The van der Waals surface area contributed by atoms with E-state index in [4.69, 9.17) is 17.3 Å². The van der Waals surface area contributed by atoms with Gasteiger partial charge in [-0.2, -0.15) is 0 Å². The quantitative estimate of drug-likeness (QED) is 0.381. The van der Waals surface area contributed by atoms with Crippen molar-refractivity contribution in [2.75, 3.05) is 5.75 Å². The number of benzene rings is 2. The number of hydrogen-bond acceptors (Lipinski definition) is 6. The van der Waals surface area contributed by atoms with E-state index in [-0.39, 0.29) is 38.5 Å². The Balaban J connectivity index is 2.64. The number of amides is 1. The lowest BCUT2D eigenvalue weighted by Crippen LogP contribution is -2.16. The zero-order valence-corrected chi connectivity index (χ0v) is 17.1. The monoisotopic (exact) mass is 452 g/mol. The van der Waals surface area contributed by atoms with Crippen LogP contribution in [0.3, 0.4) is 0 Å². The first-order valence-electron chi connectivity index (χ1n) is 8.60. The van der Waals surface area contributed by atoms with Crippen LogP contribution in [0.4, 0.5) is 0 Å². The lowest BCUT2D eigenvalue weighted by atomic mass is 9.94. The van der Waals surface area contributed by atoms with E-state index in [2.05, 4.69) is 4.98 Å². The lowest BCUT2D eigenvalue weighted by molar-refractivity contribution is 0.0692. The number of carbonyl (C=O) groups excluding carboxylic acids is 1. The molecule has 0 bridgehead atoms. The predicted molar refractivity (Wildman–Crippen MR) is 110 cm³/mol. The molecule has 1 aromatic heterocycles. The molecule has 0 fully saturated rings. The molecule has 0 saturated heterocycles. The maximum atomic E-state index is 12.9. The number of aromatic nitrogens is 1. The summed E-state index contributed by atoms with van der Waals surface area (Å²) in [6, 6.07) is 5.34. The van der Waals surface area contributed by atoms with Crippen LogP contribution in [-0.2, 0) is 16.4 Å². The molecule has 1 amide bonds. The lowest BCUT2D eigenvalue weighted by Gasteiger charge is -2.18. The van der Waals surface area contributed by atoms with Crippen LogP contribution in [0.1, 0.15) is 33.3 Å². The molecule has 30 heavy (non-hydrogen) atoms. The van der Waals surface area contributed by atoms with Crippen molar-refractivity contribution in [3.63, 3.8) is 0 Å². The molecule has 0 spiro atoms. The van der Waals surface area contributed by atoms with Crippen LogP contribution in [-0.4, -0.2) is 46.4 Å². The van der Waals surface area contributed by atoms with Gasteiger partial charge < -0.3 is 26.0 Å². The zero-order chi connectivity index (χ0) is 22.4. The molecule has 1 heterocycles.